The molecular weight excluding hydrogens is 214 g/mol. The van der Waals surface area contributed by atoms with Crippen LogP contribution in [0, 0.1) is 0 Å². The van der Waals surface area contributed by atoms with Crippen molar-refractivity contribution in [1.82, 2.24) is 9.97 Å². The van der Waals surface area contributed by atoms with Crippen molar-refractivity contribution < 1.29 is 19.7 Å². The lowest BCUT2D eigenvalue weighted by molar-refractivity contribution is -0.114. The molecule has 1 aromatic heterocycles. The minimum absolute atomic E-state index is 0.0886. The molecule has 0 unspecified atom stereocenters. The van der Waals surface area contributed by atoms with Crippen LogP contribution in [0.5, 0.6) is 5.88 Å². The summed E-state index contributed by atoms with van der Waals surface area (Å²) >= 11 is 0. The second kappa shape index (κ2) is 5.99. The average molecular weight is 227 g/mol. The number of rotatable bonds is 5. The number of carbonyl (C=O) groups is 1. The van der Waals surface area contributed by atoms with E-state index in [9.17, 15) is 4.79 Å². The Kier molecular flexibility index (Phi) is 4.62. The van der Waals surface area contributed by atoms with Gasteiger partial charge in [0.15, 0.2) is 5.82 Å². The molecule has 0 spiro atoms. The first kappa shape index (κ1) is 12.3. The highest BCUT2D eigenvalue weighted by molar-refractivity contribution is 5.87. The molecule has 0 aromatic carbocycles. The number of ether oxygens (including phenoxy) is 1. The Bertz CT molecular complexity index is 358. The first-order chi connectivity index (χ1) is 7.61. The van der Waals surface area contributed by atoms with Crippen LogP contribution in [0.15, 0.2) is 12.4 Å². The molecule has 0 saturated carbocycles. The number of hydrogen-bond donors (Lipinski definition) is 3. The summed E-state index contributed by atoms with van der Waals surface area (Å²) in [5.41, 5.74) is 0. The summed E-state index contributed by atoms with van der Waals surface area (Å²) in [5, 5.41) is 20.0. The van der Waals surface area contributed by atoms with E-state index >= 15 is 0 Å². The summed E-state index contributed by atoms with van der Waals surface area (Å²) in [5.74, 6) is 0.170. The molecule has 0 saturated heterocycles. The fourth-order valence-corrected chi connectivity index (χ4v) is 0.892. The van der Waals surface area contributed by atoms with Gasteiger partial charge >= 0.3 is 0 Å². The summed E-state index contributed by atoms with van der Waals surface area (Å²) in [6.07, 6.45) is 1.75. The molecule has 0 fully saturated rings. The second-order valence-corrected chi connectivity index (χ2v) is 3.07. The molecule has 0 aliphatic rings. The number of anilines is 1. The predicted molar refractivity (Wildman–Crippen MR) is 54.9 cm³/mol. The average Bonchev–Trinajstić information content (AvgIpc) is 2.25. The van der Waals surface area contributed by atoms with Crippen molar-refractivity contribution in [2.75, 3.05) is 18.5 Å². The number of aliphatic hydroxyl groups excluding tert-OH is 2. The quantitative estimate of drug-likeness (QED) is 0.606. The minimum Gasteiger partial charge on any atom is -0.474 e. The number of nitrogens with one attached hydrogen (secondary N) is 1. The van der Waals surface area contributed by atoms with Gasteiger partial charge in [-0.1, -0.05) is 0 Å². The molecule has 88 valence electrons. The molecule has 16 heavy (non-hydrogen) atoms. The van der Waals surface area contributed by atoms with Crippen LogP contribution in [-0.4, -0.2) is 45.4 Å². The van der Waals surface area contributed by atoms with E-state index in [0.717, 1.165) is 0 Å². The fourth-order valence-electron chi connectivity index (χ4n) is 0.892. The highest BCUT2D eigenvalue weighted by Gasteiger charge is 2.05. The van der Waals surface area contributed by atoms with Crippen LogP contribution in [0.3, 0.4) is 0 Å². The molecule has 0 bridgehead atoms. The first-order valence-corrected chi connectivity index (χ1v) is 4.63. The Hall–Kier alpha value is -1.73. The Morgan fingerprint density at radius 3 is 3.00 bits per heavy atom. The lowest BCUT2D eigenvalue weighted by atomic mass is 10.4. The highest BCUT2D eigenvalue weighted by atomic mass is 16.5. The lowest BCUT2D eigenvalue weighted by Gasteiger charge is -2.09. The van der Waals surface area contributed by atoms with Crippen molar-refractivity contribution in [3.63, 3.8) is 0 Å². The van der Waals surface area contributed by atoms with Crippen LogP contribution in [-0.2, 0) is 4.79 Å². The first-order valence-electron chi connectivity index (χ1n) is 4.63. The smallest absolute Gasteiger partial charge is 0.234 e. The summed E-state index contributed by atoms with van der Waals surface area (Å²) in [6, 6.07) is 0. The monoisotopic (exact) mass is 227 g/mol. The zero-order valence-corrected chi connectivity index (χ0v) is 8.75. The number of amides is 1. The van der Waals surface area contributed by atoms with E-state index in [1.165, 1.54) is 19.3 Å². The number of carbonyl (C=O) groups excluding carboxylic acids is 1. The Morgan fingerprint density at radius 2 is 2.38 bits per heavy atom. The normalized spacial score (nSPS) is 11.9. The maximum atomic E-state index is 10.7. The van der Waals surface area contributed by atoms with Gasteiger partial charge in [-0.25, -0.2) is 0 Å². The molecule has 3 N–H and O–H groups in total. The van der Waals surface area contributed by atoms with Crippen molar-refractivity contribution in [3.8, 4) is 5.88 Å². The Labute approximate surface area is 92.1 Å². The third-order valence-electron chi connectivity index (χ3n) is 1.55. The van der Waals surface area contributed by atoms with E-state index in [4.69, 9.17) is 14.9 Å². The Balaban J connectivity index is 2.56. The zero-order chi connectivity index (χ0) is 12.0. The summed E-state index contributed by atoms with van der Waals surface area (Å²) < 4.78 is 5.05. The molecule has 0 radical (unpaired) electrons. The van der Waals surface area contributed by atoms with E-state index < -0.39 is 12.7 Å². The van der Waals surface area contributed by atoms with Gasteiger partial charge in [0.05, 0.1) is 19.0 Å². The fraction of sp³-hybridized carbons (Fsp3) is 0.444. The van der Waals surface area contributed by atoms with Gasteiger partial charge in [-0.05, 0) is 0 Å². The molecule has 1 amide bonds. The van der Waals surface area contributed by atoms with E-state index in [-0.39, 0.29) is 24.2 Å². The molecule has 1 heterocycles. The van der Waals surface area contributed by atoms with Crippen LogP contribution in [0.2, 0.25) is 0 Å². The largest absolute Gasteiger partial charge is 0.474 e. The molecular formula is C9H13N3O4. The topological polar surface area (TPSA) is 105 Å². The second-order valence-electron chi connectivity index (χ2n) is 3.07. The van der Waals surface area contributed by atoms with E-state index in [2.05, 4.69) is 15.3 Å². The maximum absolute atomic E-state index is 10.7. The molecule has 7 heteroatoms. The third-order valence-corrected chi connectivity index (χ3v) is 1.55. The van der Waals surface area contributed by atoms with Crippen LogP contribution >= 0.6 is 0 Å². The molecule has 0 aliphatic carbocycles. The van der Waals surface area contributed by atoms with Crippen LogP contribution < -0.4 is 10.1 Å². The molecule has 7 nitrogen and oxygen atoms in total. The van der Waals surface area contributed by atoms with Crippen LogP contribution in [0.1, 0.15) is 6.92 Å². The van der Waals surface area contributed by atoms with Crippen molar-refractivity contribution in [2.24, 2.45) is 0 Å². The number of nitrogens with zero attached hydrogens (tertiary/aromatic N) is 2. The standard InChI is InChI=1S/C9H13N3O4/c1-6(14)11-8-2-10-3-9(12-8)16-5-7(15)4-13/h2-3,7,13,15H,4-5H2,1H3,(H,11,12,14)/t7-/m1/s1. The Morgan fingerprint density at radius 1 is 1.62 bits per heavy atom. The van der Waals surface area contributed by atoms with Gasteiger partial charge in [0.25, 0.3) is 0 Å². The van der Waals surface area contributed by atoms with Gasteiger partial charge < -0.3 is 20.3 Å². The van der Waals surface area contributed by atoms with Crippen molar-refractivity contribution in [3.05, 3.63) is 12.4 Å². The minimum atomic E-state index is -0.966. The third kappa shape index (κ3) is 4.20. The van der Waals surface area contributed by atoms with Crippen molar-refractivity contribution >= 4 is 11.7 Å². The number of aliphatic hydroxyl groups is 2. The molecule has 1 aromatic rings. The van der Waals surface area contributed by atoms with Gasteiger partial charge in [0, 0.05) is 6.92 Å². The zero-order valence-electron chi connectivity index (χ0n) is 8.75. The van der Waals surface area contributed by atoms with Gasteiger partial charge in [0.1, 0.15) is 12.7 Å². The summed E-state index contributed by atoms with van der Waals surface area (Å²) in [7, 11) is 0. The number of aromatic nitrogens is 2. The van der Waals surface area contributed by atoms with E-state index in [1.54, 1.807) is 0 Å². The van der Waals surface area contributed by atoms with Gasteiger partial charge in [-0.3, -0.25) is 9.78 Å². The maximum Gasteiger partial charge on any atom is 0.234 e. The molecule has 1 rings (SSSR count). The predicted octanol–water partition coefficient (Wildman–Crippen LogP) is -0.833. The highest BCUT2D eigenvalue weighted by Crippen LogP contribution is 2.08. The van der Waals surface area contributed by atoms with E-state index in [1.807, 2.05) is 0 Å². The van der Waals surface area contributed by atoms with Gasteiger partial charge in [-0.15, -0.1) is 0 Å². The van der Waals surface area contributed by atoms with Gasteiger partial charge in [-0.2, -0.15) is 4.98 Å². The number of hydrogen-bond acceptors (Lipinski definition) is 6. The molecule has 1 atom stereocenters. The summed E-state index contributed by atoms with van der Waals surface area (Å²) in [6.45, 7) is 0.873. The lowest BCUT2D eigenvalue weighted by Crippen LogP contribution is -2.21. The van der Waals surface area contributed by atoms with Crippen molar-refractivity contribution in [2.45, 2.75) is 13.0 Å². The molecule has 0 aliphatic heterocycles. The van der Waals surface area contributed by atoms with E-state index in [0.29, 0.717) is 0 Å². The van der Waals surface area contributed by atoms with Crippen LogP contribution in [0.25, 0.3) is 0 Å². The summed E-state index contributed by atoms with van der Waals surface area (Å²) in [4.78, 5) is 18.4. The SMILES string of the molecule is CC(=O)Nc1cncc(OC[C@H](O)CO)n1. The van der Waals surface area contributed by atoms with Gasteiger partial charge in [0.2, 0.25) is 11.8 Å². The van der Waals surface area contributed by atoms with Crippen LogP contribution in [0.4, 0.5) is 5.82 Å². The van der Waals surface area contributed by atoms with Crippen molar-refractivity contribution in [1.29, 1.82) is 0 Å².